The first-order chi connectivity index (χ1) is 14.5. The minimum Gasteiger partial charge on any atom is -0.486 e. The van der Waals surface area contributed by atoms with Crippen LogP contribution in [0.5, 0.6) is 11.5 Å². The summed E-state index contributed by atoms with van der Waals surface area (Å²) in [7, 11) is 3.53. The van der Waals surface area contributed by atoms with Gasteiger partial charge in [-0.25, -0.2) is 4.79 Å². The van der Waals surface area contributed by atoms with Crippen molar-refractivity contribution in [2.24, 2.45) is 5.92 Å². The van der Waals surface area contributed by atoms with E-state index >= 15 is 0 Å². The number of rotatable bonds is 3. The van der Waals surface area contributed by atoms with Gasteiger partial charge in [0, 0.05) is 64.0 Å². The van der Waals surface area contributed by atoms with Crippen molar-refractivity contribution < 1.29 is 19.1 Å². The monoisotopic (exact) mass is 416 g/mol. The number of amides is 3. The van der Waals surface area contributed by atoms with Gasteiger partial charge in [-0.15, -0.1) is 0 Å². The predicted molar refractivity (Wildman–Crippen MR) is 114 cm³/mol. The van der Waals surface area contributed by atoms with Gasteiger partial charge in [-0.05, 0) is 37.8 Å². The van der Waals surface area contributed by atoms with E-state index in [2.05, 4.69) is 5.32 Å². The van der Waals surface area contributed by atoms with E-state index in [0.717, 1.165) is 49.4 Å². The van der Waals surface area contributed by atoms with Crippen molar-refractivity contribution in [2.45, 2.75) is 31.7 Å². The zero-order chi connectivity index (χ0) is 21.1. The Hall–Kier alpha value is -2.64. The molecule has 0 aliphatic carbocycles. The van der Waals surface area contributed by atoms with Gasteiger partial charge >= 0.3 is 6.03 Å². The van der Waals surface area contributed by atoms with Crippen LogP contribution in [0.3, 0.4) is 0 Å². The summed E-state index contributed by atoms with van der Waals surface area (Å²) >= 11 is 0. The van der Waals surface area contributed by atoms with Crippen LogP contribution in [0.2, 0.25) is 0 Å². The van der Waals surface area contributed by atoms with Crippen LogP contribution in [0.15, 0.2) is 18.2 Å². The largest absolute Gasteiger partial charge is 0.486 e. The van der Waals surface area contributed by atoms with Crippen molar-refractivity contribution in [3.63, 3.8) is 0 Å². The van der Waals surface area contributed by atoms with E-state index in [1.807, 2.05) is 28.0 Å². The maximum Gasteiger partial charge on any atom is 0.319 e. The van der Waals surface area contributed by atoms with Crippen molar-refractivity contribution in [3.8, 4) is 11.5 Å². The van der Waals surface area contributed by atoms with Crippen LogP contribution < -0.4 is 14.8 Å². The molecule has 3 amide bonds. The molecule has 2 fully saturated rings. The van der Waals surface area contributed by atoms with Gasteiger partial charge in [0.25, 0.3) is 0 Å². The SMILES string of the molecule is CN(C)C(=O)N1CCC(C(=O)N2CCC[C@H](Nc3ccc4c(c3)OCCO4)C2)CC1. The number of hydrogen-bond acceptors (Lipinski definition) is 5. The van der Waals surface area contributed by atoms with Gasteiger partial charge in [-0.3, -0.25) is 4.79 Å². The molecule has 1 aromatic carbocycles. The van der Waals surface area contributed by atoms with Crippen LogP contribution >= 0.6 is 0 Å². The number of nitrogens with one attached hydrogen (secondary N) is 1. The van der Waals surface area contributed by atoms with Crippen LogP contribution in [0, 0.1) is 5.92 Å². The highest BCUT2D eigenvalue weighted by molar-refractivity contribution is 5.80. The molecule has 164 valence electrons. The van der Waals surface area contributed by atoms with E-state index in [1.54, 1.807) is 19.0 Å². The quantitative estimate of drug-likeness (QED) is 0.818. The second kappa shape index (κ2) is 9.02. The second-order valence-electron chi connectivity index (χ2n) is 8.56. The molecule has 8 nitrogen and oxygen atoms in total. The molecule has 0 unspecified atom stereocenters. The maximum absolute atomic E-state index is 13.1. The fraction of sp³-hybridized carbons (Fsp3) is 0.636. The number of benzene rings is 1. The maximum atomic E-state index is 13.1. The van der Waals surface area contributed by atoms with Crippen molar-refractivity contribution >= 4 is 17.6 Å². The number of nitrogens with zero attached hydrogens (tertiary/aromatic N) is 3. The van der Waals surface area contributed by atoms with E-state index in [-0.39, 0.29) is 23.9 Å². The van der Waals surface area contributed by atoms with Gasteiger partial charge in [0.1, 0.15) is 13.2 Å². The Morgan fingerprint density at radius 3 is 2.47 bits per heavy atom. The summed E-state index contributed by atoms with van der Waals surface area (Å²) in [6, 6.07) is 6.17. The third kappa shape index (κ3) is 4.57. The average molecular weight is 417 g/mol. The topological polar surface area (TPSA) is 74.4 Å². The van der Waals surface area contributed by atoms with Gasteiger partial charge in [-0.1, -0.05) is 0 Å². The van der Waals surface area contributed by atoms with Crippen LogP contribution in [-0.2, 0) is 4.79 Å². The summed E-state index contributed by atoms with van der Waals surface area (Å²) in [5.41, 5.74) is 0.994. The molecule has 3 aliphatic rings. The van der Waals surface area contributed by atoms with Gasteiger partial charge in [0.2, 0.25) is 5.91 Å². The van der Waals surface area contributed by atoms with Gasteiger partial charge < -0.3 is 29.5 Å². The number of anilines is 1. The highest BCUT2D eigenvalue weighted by Gasteiger charge is 2.33. The number of fused-ring (bicyclic) bond motifs is 1. The summed E-state index contributed by atoms with van der Waals surface area (Å²) in [6.07, 6.45) is 3.52. The average Bonchev–Trinajstić information content (AvgIpc) is 2.78. The highest BCUT2D eigenvalue weighted by Crippen LogP contribution is 2.33. The van der Waals surface area contributed by atoms with Crippen molar-refractivity contribution in [3.05, 3.63) is 18.2 Å². The fourth-order valence-corrected chi connectivity index (χ4v) is 4.52. The molecule has 1 N–H and O–H groups in total. The molecule has 1 atom stereocenters. The van der Waals surface area contributed by atoms with Crippen LogP contribution in [0.25, 0.3) is 0 Å². The van der Waals surface area contributed by atoms with Crippen molar-refractivity contribution in [2.75, 3.05) is 58.8 Å². The number of hydrogen-bond donors (Lipinski definition) is 1. The van der Waals surface area contributed by atoms with Crippen molar-refractivity contribution in [1.29, 1.82) is 0 Å². The minimum atomic E-state index is 0.0178. The summed E-state index contributed by atoms with van der Waals surface area (Å²) in [5.74, 6) is 1.81. The van der Waals surface area contributed by atoms with E-state index in [9.17, 15) is 9.59 Å². The molecular formula is C22H32N4O4. The molecule has 8 heteroatoms. The predicted octanol–water partition coefficient (Wildman–Crippen LogP) is 2.25. The highest BCUT2D eigenvalue weighted by atomic mass is 16.6. The first-order valence-electron chi connectivity index (χ1n) is 10.9. The normalized spacial score (nSPS) is 21.9. The number of carbonyl (C=O) groups excluding carboxylic acids is 2. The number of urea groups is 1. The Labute approximate surface area is 178 Å². The zero-order valence-electron chi connectivity index (χ0n) is 17.9. The molecule has 0 bridgehead atoms. The number of carbonyl (C=O) groups is 2. The third-order valence-electron chi connectivity index (χ3n) is 6.14. The van der Waals surface area contributed by atoms with Gasteiger partial charge in [-0.2, -0.15) is 0 Å². The molecule has 4 rings (SSSR count). The molecule has 1 aromatic rings. The molecule has 0 saturated carbocycles. The molecule has 0 spiro atoms. The molecular weight excluding hydrogens is 384 g/mol. The van der Waals surface area contributed by atoms with Crippen LogP contribution in [0.1, 0.15) is 25.7 Å². The number of piperidine rings is 2. The first-order valence-corrected chi connectivity index (χ1v) is 10.9. The Morgan fingerprint density at radius 2 is 1.73 bits per heavy atom. The van der Waals surface area contributed by atoms with Gasteiger partial charge in [0.05, 0.1) is 0 Å². The lowest BCUT2D eigenvalue weighted by atomic mass is 9.94. The lowest BCUT2D eigenvalue weighted by Crippen LogP contribution is -2.50. The molecule has 0 aromatic heterocycles. The van der Waals surface area contributed by atoms with Crippen molar-refractivity contribution in [1.82, 2.24) is 14.7 Å². The van der Waals surface area contributed by atoms with Crippen LogP contribution in [-0.4, -0.2) is 86.2 Å². The second-order valence-corrected chi connectivity index (χ2v) is 8.56. The van der Waals surface area contributed by atoms with E-state index in [1.165, 1.54) is 0 Å². The number of likely N-dealkylation sites (tertiary alicyclic amines) is 2. The molecule has 0 radical (unpaired) electrons. The van der Waals surface area contributed by atoms with Gasteiger partial charge in [0.15, 0.2) is 11.5 Å². The van der Waals surface area contributed by atoms with E-state index in [4.69, 9.17) is 9.47 Å². The summed E-state index contributed by atoms with van der Waals surface area (Å²) in [5, 5.41) is 3.57. The Morgan fingerprint density at radius 1 is 1.00 bits per heavy atom. The summed E-state index contributed by atoms with van der Waals surface area (Å²) < 4.78 is 11.3. The minimum absolute atomic E-state index is 0.0178. The number of ether oxygens (including phenoxy) is 2. The molecule has 3 aliphatic heterocycles. The lowest BCUT2D eigenvalue weighted by molar-refractivity contribution is -0.138. The smallest absolute Gasteiger partial charge is 0.319 e. The fourth-order valence-electron chi connectivity index (χ4n) is 4.52. The van der Waals surface area contributed by atoms with E-state index in [0.29, 0.717) is 32.8 Å². The molecule has 2 saturated heterocycles. The summed E-state index contributed by atoms with van der Waals surface area (Å²) in [4.78, 5) is 30.7. The zero-order valence-corrected chi connectivity index (χ0v) is 17.9. The molecule has 30 heavy (non-hydrogen) atoms. The van der Waals surface area contributed by atoms with E-state index < -0.39 is 0 Å². The lowest BCUT2D eigenvalue weighted by Gasteiger charge is -2.38. The Kier molecular flexibility index (Phi) is 6.20. The molecule has 3 heterocycles. The summed E-state index contributed by atoms with van der Waals surface area (Å²) in [6.45, 7) is 3.99. The standard InChI is InChI=1S/C22H32N4O4/c1-24(2)22(28)25-10-7-16(8-11-25)21(27)26-9-3-4-18(15-26)23-17-5-6-19-20(14-17)30-13-12-29-19/h5-6,14,16,18,23H,3-4,7-13,15H2,1-2H3/t18-/m0/s1. The Balaban J connectivity index is 1.31. The Bertz CT molecular complexity index is 776. The third-order valence-corrected chi connectivity index (χ3v) is 6.14. The first kappa shape index (κ1) is 20.6. The van der Waals surface area contributed by atoms with Crippen LogP contribution in [0.4, 0.5) is 10.5 Å².